The molecule has 2 aliphatic heterocycles. The lowest BCUT2D eigenvalue weighted by Gasteiger charge is -2.20. The van der Waals surface area contributed by atoms with Gasteiger partial charge >= 0.3 is 0 Å². The second kappa shape index (κ2) is 7.56. The summed E-state index contributed by atoms with van der Waals surface area (Å²) in [6.45, 7) is 9.61. The molecule has 1 aromatic carbocycles. The van der Waals surface area contributed by atoms with Gasteiger partial charge in [-0.1, -0.05) is 44.2 Å². The lowest BCUT2D eigenvalue weighted by molar-refractivity contribution is -0.133. The monoisotopic (exact) mass is 352 g/mol. The van der Waals surface area contributed by atoms with Crippen LogP contribution in [0.5, 0.6) is 0 Å². The van der Waals surface area contributed by atoms with Crippen molar-refractivity contribution in [2.45, 2.75) is 39.5 Å². The highest BCUT2D eigenvalue weighted by Gasteiger charge is 2.40. The Balaban J connectivity index is 1.38. The molecule has 1 amide bonds. The first kappa shape index (κ1) is 17.8. The van der Waals surface area contributed by atoms with Gasteiger partial charge in [0.15, 0.2) is 0 Å². The minimum Gasteiger partial charge on any atom is -0.342 e. The molecule has 0 radical (unpaired) electrons. The molecule has 0 spiro atoms. The molecule has 26 heavy (non-hydrogen) atoms. The van der Waals surface area contributed by atoms with Crippen molar-refractivity contribution < 1.29 is 4.79 Å². The molecule has 3 heteroatoms. The van der Waals surface area contributed by atoms with Crippen molar-refractivity contribution in [3.8, 4) is 0 Å². The largest absolute Gasteiger partial charge is 0.342 e. The minimum absolute atomic E-state index is 0.108. The van der Waals surface area contributed by atoms with Crippen molar-refractivity contribution in [1.29, 1.82) is 0 Å². The quantitative estimate of drug-likeness (QED) is 0.804. The topological polar surface area (TPSA) is 23.6 Å². The van der Waals surface area contributed by atoms with Gasteiger partial charge in [0.2, 0.25) is 5.91 Å². The molecule has 3 nitrogen and oxygen atoms in total. The third kappa shape index (κ3) is 3.59. The number of hydrogen-bond donors (Lipinski definition) is 0. The van der Waals surface area contributed by atoms with Crippen LogP contribution in [0.1, 0.15) is 44.2 Å². The van der Waals surface area contributed by atoms with Crippen molar-refractivity contribution in [1.82, 2.24) is 9.80 Å². The van der Waals surface area contributed by atoms with Gasteiger partial charge in [-0.25, -0.2) is 0 Å². The highest BCUT2D eigenvalue weighted by atomic mass is 16.2. The average molecular weight is 353 g/mol. The first-order valence-corrected chi connectivity index (χ1v) is 10.4. The van der Waals surface area contributed by atoms with E-state index in [4.69, 9.17) is 0 Å². The SMILES string of the molecule is CC(C)C(=O)N1C[C@H]2CC=C(c3ccc(CCN4CCCC4)cc3)[C@H]2C1. The Morgan fingerprint density at radius 1 is 1.12 bits per heavy atom. The molecule has 1 aliphatic carbocycles. The Morgan fingerprint density at radius 2 is 1.85 bits per heavy atom. The van der Waals surface area contributed by atoms with Crippen LogP contribution in [0.3, 0.4) is 0 Å². The van der Waals surface area contributed by atoms with Crippen LogP contribution >= 0.6 is 0 Å². The standard InChI is InChI=1S/C23H32N2O/c1-17(2)23(26)25-15-20-9-10-21(22(20)16-25)19-7-5-18(6-8-19)11-14-24-12-3-4-13-24/h5-8,10,17,20,22H,3-4,9,11-16H2,1-2H3/t20-,22+/m1/s1. The molecule has 2 atom stereocenters. The fraction of sp³-hybridized carbons (Fsp3) is 0.609. The van der Waals surface area contributed by atoms with Crippen molar-refractivity contribution in [2.75, 3.05) is 32.7 Å². The molecule has 0 saturated carbocycles. The first-order chi connectivity index (χ1) is 12.6. The van der Waals surface area contributed by atoms with E-state index >= 15 is 0 Å². The Hall–Kier alpha value is -1.61. The van der Waals surface area contributed by atoms with E-state index < -0.39 is 0 Å². The molecule has 3 aliphatic rings. The van der Waals surface area contributed by atoms with Crippen LogP contribution in [0.25, 0.3) is 5.57 Å². The molecule has 2 saturated heterocycles. The van der Waals surface area contributed by atoms with E-state index in [1.54, 1.807) is 0 Å². The minimum atomic E-state index is 0.108. The Bertz CT molecular complexity index is 670. The van der Waals surface area contributed by atoms with E-state index in [1.165, 1.54) is 49.2 Å². The summed E-state index contributed by atoms with van der Waals surface area (Å²) in [6.07, 6.45) is 7.43. The van der Waals surface area contributed by atoms with Gasteiger partial charge < -0.3 is 9.80 Å². The maximum atomic E-state index is 12.3. The van der Waals surface area contributed by atoms with E-state index in [0.717, 1.165) is 25.9 Å². The van der Waals surface area contributed by atoms with E-state index in [-0.39, 0.29) is 5.92 Å². The molecule has 0 bridgehead atoms. The predicted octanol–water partition coefficient (Wildman–Crippen LogP) is 3.84. The van der Waals surface area contributed by atoms with Gasteiger partial charge in [0.05, 0.1) is 0 Å². The number of carbonyl (C=O) groups is 1. The number of fused-ring (bicyclic) bond motifs is 1. The van der Waals surface area contributed by atoms with Crippen LogP contribution in [0, 0.1) is 17.8 Å². The van der Waals surface area contributed by atoms with Gasteiger partial charge in [0.1, 0.15) is 0 Å². The number of benzene rings is 1. The Morgan fingerprint density at radius 3 is 2.54 bits per heavy atom. The molecule has 0 N–H and O–H groups in total. The maximum absolute atomic E-state index is 12.3. The summed E-state index contributed by atoms with van der Waals surface area (Å²) in [6, 6.07) is 9.23. The number of likely N-dealkylation sites (tertiary alicyclic amines) is 2. The third-order valence-corrected chi connectivity index (χ3v) is 6.49. The van der Waals surface area contributed by atoms with Crippen molar-refractivity contribution in [2.24, 2.45) is 17.8 Å². The molecule has 2 heterocycles. The van der Waals surface area contributed by atoms with E-state index in [1.807, 2.05) is 13.8 Å². The highest BCUT2D eigenvalue weighted by Crippen LogP contribution is 2.43. The zero-order valence-electron chi connectivity index (χ0n) is 16.3. The molecule has 0 aromatic heterocycles. The van der Waals surface area contributed by atoms with E-state index in [9.17, 15) is 4.79 Å². The third-order valence-electron chi connectivity index (χ3n) is 6.49. The van der Waals surface area contributed by atoms with Crippen LogP contribution in [0.4, 0.5) is 0 Å². The van der Waals surface area contributed by atoms with Crippen LogP contribution < -0.4 is 0 Å². The van der Waals surface area contributed by atoms with Gasteiger partial charge in [-0.2, -0.15) is 0 Å². The van der Waals surface area contributed by atoms with E-state index in [2.05, 4.69) is 40.1 Å². The fourth-order valence-electron chi connectivity index (χ4n) is 4.93. The molecule has 1 aromatic rings. The molecular weight excluding hydrogens is 320 g/mol. The van der Waals surface area contributed by atoms with Gasteiger partial charge in [0.25, 0.3) is 0 Å². The second-order valence-corrected chi connectivity index (χ2v) is 8.66. The summed E-state index contributed by atoms with van der Waals surface area (Å²) < 4.78 is 0. The predicted molar refractivity (Wildman–Crippen MR) is 107 cm³/mol. The summed E-state index contributed by atoms with van der Waals surface area (Å²) in [4.78, 5) is 17.0. The van der Waals surface area contributed by atoms with Crippen molar-refractivity contribution >= 4 is 11.5 Å². The summed E-state index contributed by atoms with van der Waals surface area (Å²) >= 11 is 0. The zero-order valence-corrected chi connectivity index (χ0v) is 16.3. The second-order valence-electron chi connectivity index (χ2n) is 8.66. The van der Waals surface area contributed by atoms with Crippen LogP contribution in [-0.4, -0.2) is 48.4 Å². The first-order valence-electron chi connectivity index (χ1n) is 10.4. The number of hydrogen-bond acceptors (Lipinski definition) is 2. The van der Waals surface area contributed by atoms with Crippen LogP contribution in [-0.2, 0) is 11.2 Å². The highest BCUT2D eigenvalue weighted by molar-refractivity contribution is 5.80. The molecule has 2 fully saturated rings. The lowest BCUT2D eigenvalue weighted by atomic mass is 9.90. The number of rotatable bonds is 5. The smallest absolute Gasteiger partial charge is 0.225 e. The van der Waals surface area contributed by atoms with Gasteiger partial charge in [-0.3, -0.25) is 4.79 Å². The van der Waals surface area contributed by atoms with E-state index in [0.29, 0.717) is 17.7 Å². The molecule has 4 rings (SSSR count). The number of allylic oxidation sites excluding steroid dienone is 1. The van der Waals surface area contributed by atoms with Crippen molar-refractivity contribution in [3.63, 3.8) is 0 Å². The Labute approximate surface area is 158 Å². The Kier molecular flexibility index (Phi) is 5.17. The van der Waals surface area contributed by atoms with Crippen LogP contribution in [0.2, 0.25) is 0 Å². The summed E-state index contributed by atoms with van der Waals surface area (Å²) in [5, 5.41) is 0. The fourth-order valence-corrected chi connectivity index (χ4v) is 4.93. The zero-order chi connectivity index (χ0) is 18.1. The van der Waals surface area contributed by atoms with Gasteiger partial charge in [-0.05, 0) is 61.4 Å². The van der Waals surface area contributed by atoms with Crippen molar-refractivity contribution in [3.05, 3.63) is 41.5 Å². The number of nitrogens with zero attached hydrogens (tertiary/aromatic N) is 2. The van der Waals surface area contributed by atoms with Gasteiger partial charge in [0, 0.05) is 31.5 Å². The van der Waals surface area contributed by atoms with Gasteiger partial charge in [-0.15, -0.1) is 0 Å². The average Bonchev–Trinajstić information content (AvgIpc) is 3.36. The normalized spacial score (nSPS) is 25.8. The summed E-state index contributed by atoms with van der Waals surface area (Å²) in [7, 11) is 0. The number of amides is 1. The lowest BCUT2D eigenvalue weighted by Crippen LogP contribution is -2.32. The van der Waals surface area contributed by atoms with Crippen LogP contribution in [0.15, 0.2) is 30.3 Å². The molecule has 140 valence electrons. The summed E-state index contributed by atoms with van der Waals surface area (Å²) in [5.41, 5.74) is 4.28. The maximum Gasteiger partial charge on any atom is 0.225 e. The molecular formula is C23H32N2O. The summed E-state index contributed by atoms with van der Waals surface area (Å²) in [5.74, 6) is 1.59. The number of carbonyl (C=O) groups excluding carboxylic acids is 1. The molecule has 0 unspecified atom stereocenters.